The summed E-state index contributed by atoms with van der Waals surface area (Å²) in [6.07, 6.45) is -1.33. The fourth-order valence-electron chi connectivity index (χ4n) is 5.15. The standard InChI is InChI=1S/C28H29F3N6O9S/c1-27(40,18-35-16-24(37(43)44)32-25(35)47(45,46)23-11-9-21(10-12-23)36(41)42)17-34-14-13-33(26(38)39)15-22(34)4-2-3-19-5-7-20(8-6-19)28(29,30)31/h2-3,5-12,16,22,40H,4,13-15,17-18H2,1H3,(H,38,39)/t22?,27-/m0/s1. The average Bonchev–Trinajstić information content (AvgIpc) is 3.42. The molecule has 0 spiro atoms. The molecule has 1 unspecified atom stereocenters. The monoisotopic (exact) mass is 682 g/mol. The van der Waals surface area contributed by atoms with Crippen LogP contribution in [0.15, 0.2) is 70.9 Å². The number of benzene rings is 2. The number of rotatable bonds is 11. The van der Waals surface area contributed by atoms with Crippen LogP contribution in [0.3, 0.4) is 0 Å². The van der Waals surface area contributed by atoms with Gasteiger partial charge in [0.2, 0.25) is 0 Å². The van der Waals surface area contributed by atoms with Gasteiger partial charge in [0.15, 0.2) is 0 Å². The highest BCUT2D eigenvalue weighted by Gasteiger charge is 2.38. The number of halogens is 3. The molecule has 1 aromatic heterocycles. The maximum Gasteiger partial charge on any atom is 0.416 e. The Morgan fingerprint density at radius 3 is 2.23 bits per heavy atom. The van der Waals surface area contributed by atoms with Gasteiger partial charge in [-0.25, -0.2) is 13.2 Å². The smallest absolute Gasteiger partial charge is 0.416 e. The maximum atomic E-state index is 13.4. The normalized spacial score (nSPS) is 17.5. The van der Waals surface area contributed by atoms with Crippen molar-refractivity contribution in [2.45, 2.75) is 47.8 Å². The number of alkyl halides is 3. The van der Waals surface area contributed by atoms with Gasteiger partial charge in [-0.2, -0.15) is 13.2 Å². The Morgan fingerprint density at radius 1 is 1.04 bits per heavy atom. The largest absolute Gasteiger partial charge is 0.465 e. The number of aliphatic hydroxyl groups is 1. The molecule has 252 valence electrons. The lowest BCUT2D eigenvalue weighted by Gasteiger charge is -2.43. The minimum absolute atomic E-state index is 0.0269. The molecule has 3 aromatic rings. The summed E-state index contributed by atoms with van der Waals surface area (Å²) in [5, 5.41) is 42.7. The summed E-state index contributed by atoms with van der Waals surface area (Å²) in [5.41, 5.74) is -2.46. The topological polar surface area (TPSA) is 202 Å². The van der Waals surface area contributed by atoms with Gasteiger partial charge in [-0.15, -0.1) is 0 Å². The summed E-state index contributed by atoms with van der Waals surface area (Å²) < 4.78 is 66.4. The molecule has 2 atom stereocenters. The lowest BCUT2D eigenvalue weighted by molar-refractivity contribution is -0.389. The zero-order valence-corrected chi connectivity index (χ0v) is 25.5. The quantitative estimate of drug-likeness (QED) is 0.218. The van der Waals surface area contributed by atoms with Crippen LogP contribution in [0.2, 0.25) is 0 Å². The minimum Gasteiger partial charge on any atom is -0.465 e. The number of nitrogens with zero attached hydrogens (tertiary/aromatic N) is 6. The summed E-state index contributed by atoms with van der Waals surface area (Å²) in [6.45, 7) is 1.00. The van der Waals surface area contributed by atoms with E-state index in [1.807, 2.05) is 0 Å². The number of hydrogen-bond donors (Lipinski definition) is 2. The Bertz CT molecular complexity index is 1780. The third-order valence-electron chi connectivity index (χ3n) is 7.40. The Labute approximate surface area is 265 Å². The van der Waals surface area contributed by atoms with Gasteiger partial charge in [0.05, 0.1) is 27.5 Å². The molecule has 47 heavy (non-hydrogen) atoms. The summed E-state index contributed by atoms with van der Waals surface area (Å²) in [7, 11) is -4.55. The maximum absolute atomic E-state index is 13.4. The average molecular weight is 683 g/mol. The Kier molecular flexibility index (Phi) is 10.0. The van der Waals surface area contributed by atoms with Crippen molar-refractivity contribution < 1.29 is 46.4 Å². The molecule has 1 aliphatic rings. The number of hydrogen-bond acceptors (Lipinski definition) is 10. The van der Waals surface area contributed by atoms with Crippen LogP contribution in [-0.4, -0.2) is 91.7 Å². The number of carbonyl (C=O) groups is 1. The number of imidazole rings is 1. The Morgan fingerprint density at radius 2 is 1.68 bits per heavy atom. The van der Waals surface area contributed by atoms with Crippen molar-refractivity contribution in [2.24, 2.45) is 0 Å². The van der Waals surface area contributed by atoms with Crippen molar-refractivity contribution in [3.8, 4) is 0 Å². The Hall–Kier alpha value is -4.88. The predicted octanol–water partition coefficient (Wildman–Crippen LogP) is 4.07. The number of sulfone groups is 1. The molecular weight excluding hydrogens is 653 g/mol. The van der Waals surface area contributed by atoms with Crippen molar-refractivity contribution in [1.29, 1.82) is 0 Å². The third-order valence-corrected chi connectivity index (χ3v) is 9.10. The van der Waals surface area contributed by atoms with Crippen LogP contribution in [0.4, 0.5) is 29.5 Å². The number of nitro groups is 2. The lowest BCUT2D eigenvalue weighted by Crippen LogP contribution is -2.58. The molecule has 0 radical (unpaired) electrons. The van der Waals surface area contributed by atoms with E-state index in [-0.39, 0.29) is 38.3 Å². The van der Waals surface area contributed by atoms with Gasteiger partial charge in [-0.3, -0.25) is 19.6 Å². The number of amides is 1. The first-order chi connectivity index (χ1) is 21.9. The van der Waals surface area contributed by atoms with E-state index < -0.39 is 71.6 Å². The molecule has 0 saturated carbocycles. The van der Waals surface area contributed by atoms with E-state index in [1.54, 1.807) is 17.1 Å². The number of carboxylic acid groups (broad SMARTS) is 1. The zero-order valence-electron chi connectivity index (χ0n) is 24.6. The Balaban J connectivity index is 1.56. The fraction of sp³-hybridized carbons (Fsp3) is 0.357. The molecule has 1 amide bonds. The van der Waals surface area contributed by atoms with E-state index in [0.29, 0.717) is 5.56 Å². The second-order valence-corrected chi connectivity index (χ2v) is 13.0. The van der Waals surface area contributed by atoms with Gasteiger partial charge in [0.1, 0.15) is 6.20 Å². The van der Waals surface area contributed by atoms with Crippen molar-refractivity contribution in [2.75, 3.05) is 26.2 Å². The fourth-order valence-corrected chi connectivity index (χ4v) is 6.50. The minimum atomic E-state index is -4.55. The first kappa shape index (κ1) is 35.0. The molecule has 2 N–H and O–H groups in total. The van der Waals surface area contributed by atoms with E-state index in [9.17, 15) is 56.8 Å². The molecule has 15 nitrogen and oxygen atoms in total. The van der Waals surface area contributed by atoms with Crippen LogP contribution in [0.5, 0.6) is 0 Å². The number of nitro benzene ring substituents is 1. The van der Waals surface area contributed by atoms with Gasteiger partial charge in [0, 0.05) is 44.4 Å². The number of piperazine rings is 1. The highest BCUT2D eigenvalue weighted by Crippen LogP contribution is 2.30. The summed E-state index contributed by atoms with van der Waals surface area (Å²) in [5.74, 6) is -0.817. The van der Waals surface area contributed by atoms with Crippen LogP contribution in [-0.2, 0) is 22.6 Å². The molecule has 4 rings (SSSR count). The van der Waals surface area contributed by atoms with Crippen LogP contribution >= 0.6 is 0 Å². The lowest BCUT2D eigenvalue weighted by atomic mass is 10.0. The van der Waals surface area contributed by atoms with Crippen LogP contribution < -0.4 is 0 Å². The van der Waals surface area contributed by atoms with E-state index >= 15 is 0 Å². The molecule has 1 fully saturated rings. The second kappa shape index (κ2) is 13.5. The van der Waals surface area contributed by atoms with E-state index in [4.69, 9.17) is 0 Å². The molecular formula is C28H29F3N6O9S. The van der Waals surface area contributed by atoms with Gasteiger partial charge < -0.3 is 25.2 Å². The SMILES string of the molecule is C[C@](O)(CN1CCN(C(=O)O)CC1CC=Cc1ccc(C(F)(F)F)cc1)Cn1cc([N+](=O)[O-])nc1S(=O)(=O)c1ccc([N+](=O)[O-])cc1. The van der Waals surface area contributed by atoms with Crippen molar-refractivity contribution >= 4 is 33.5 Å². The van der Waals surface area contributed by atoms with E-state index in [2.05, 4.69) is 4.98 Å². The highest BCUT2D eigenvalue weighted by molar-refractivity contribution is 7.91. The second-order valence-electron chi connectivity index (χ2n) is 11.1. The summed E-state index contributed by atoms with van der Waals surface area (Å²) in [4.78, 5) is 38.7. The first-order valence-electron chi connectivity index (χ1n) is 13.9. The number of β-amino-alcohol motifs (C(OH)–C–C–N with tert-alkyl or cyclic N) is 1. The zero-order chi connectivity index (χ0) is 34.7. The molecule has 1 saturated heterocycles. The van der Waals surface area contributed by atoms with Crippen molar-refractivity contribution in [1.82, 2.24) is 19.4 Å². The number of non-ortho nitro benzene ring substituents is 1. The van der Waals surface area contributed by atoms with Crippen LogP contribution in [0.1, 0.15) is 24.5 Å². The van der Waals surface area contributed by atoms with Crippen LogP contribution in [0.25, 0.3) is 6.08 Å². The summed E-state index contributed by atoms with van der Waals surface area (Å²) >= 11 is 0. The first-order valence-corrected chi connectivity index (χ1v) is 15.3. The van der Waals surface area contributed by atoms with E-state index in [1.165, 1.54) is 24.0 Å². The molecule has 2 heterocycles. The van der Waals surface area contributed by atoms with Crippen molar-refractivity contribution in [3.63, 3.8) is 0 Å². The van der Waals surface area contributed by atoms with Gasteiger partial charge in [0.25, 0.3) is 15.5 Å². The van der Waals surface area contributed by atoms with Gasteiger partial charge in [-0.1, -0.05) is 24.3 Å². The molecule has 19 heteroatoms. The summed E-state index contributed by atoms with van der Waals surface area (Å²) in [6, 6.07) is 7.78. The highest BCUT2D eigenvalue weighted by atomic mass is 32.2. The van der Waals surface area contributed by atoms with E-state index in [0.717, 1.165) is 47.2 Å². The third kappa shape index (κ3) is 8.48. The molecule has 1 aliphatic heterocycles. The molecule has 0 aliphatic carbocycles. The number of aromatic nitrogens is 2. The molecule has 0 bridgehead atoms. The molecule has 2 aromatic carbocycles. The van der Waals surface area contributed by atoms with Gasteiger partial charge >= 0.3 is 23.2 Å². The van der Waals surface area contributed by atoms with Crippen molar-refractivity contribution in [3.05, 3.63) is 92.2 Å². The van der Waals surface area contributed by atoms with Gasteiger partial charge in [-0.05, 0) is 53.1 Å². The van der Waals surface area contributed by atoms with Crippen LogP contribution in [0, 0.1) is 20.2 Å². The predicted molar refractivity (Wildman–Crippen MR) is 158 cm³/mol.